The van der Waals surface area contributed by atoms with Gasteiger partial charge in [0.05, 0.1) is 40.4 Å². The van der Waals surface area contributed by atoms with E-state index in [0.29, 0.717) is 28.4 Å². The zero-order valence-electron chi connectivity index (χ0n) is 11.4. The summed E-state index contributed by atoms with van der Waals surface area (Å²) >= 11 is 6.78. The van der Waals surface area contributed by atoms with Crippen LogP contribution in [-0.2, 0) is 0 Å². The molecule has 0 fully saturated rings. The van der Waals surface area contributed by atoms with E-state index in [-0.39, 0.29) is 5.91 Å². The van der Waals surface area contributed by atoms with Gasteiger partial charge >= 0.3 is 0 Å². The van der Waals surface area contributed by atoms with Gasteiger partial charge < -0.3 is 15.8 Å². The Kier molecular flexibility index (Phi) is 4.84. The zero-order chi connectivity index (χ0) is 15.6. The van der Waals surface area contributed by atoms with Gasteiger partial charge in [-0.05, 0) is 50.9 Å². The van der Waals surface area contributed by atoms with Crippen LogP contribution in [0.2, 0.25) is 0 Å². The molecule has 0 saturated heterocycles. The van der Waals surface area contributed by atoms with E-state index in [9.17, 15) is 4.79 Å². The van der Waals surface area contributed by atoms with E-state index in [1.54, 1.807) is 32.2 Å². The fourth-order valence-electron chi connectivity index (χ4n) is 1.75. The number of aryl methyl sites for hydroxylation is 1. The molecular weight excluding hydrogens is 402 g/mol. The number of nitrogen functional groups attached to an aromatic ring is 1. The number of amides is 1. The third-order valence-electron chi connectivity index (χ3n) is 2.84. The third-order valence-corrected chi connectivity index (χ3v) is 4.12. The van der Waals surface area contributed by atoms with Crippen molar-refractivity contribution in [3.8, 4) is 5.75 Å². The van der Waals surface area contributed by atoms with Gasteiger partial charge in [0.25, 0.3) is 5.91 Å². The molecule has 1 aromatic heterocycles. The molecule has 2 aromatic rings. The Morgan fingerprint density at radius 3 is 2.67 bits per heavy atom. The molecule has 0 bridgehead atoms. The maximum atomic E-state index is 12.3. The Morgan fingerprint density at radius 1 is 1.29 bits per heavy atom. The number of anilines is 2. The standard InChI is InChI=1S/C14H13Br2N3O2/c1-7-9(3-8(17)6-18-7)14(20)19-12-5-13(21-2)11(16)4-10(12)15/h3-6H,17H2,1-2H3,(H,19,20). The molecular formula is C14H13Br2N3O2. The normalized spacial score (nSPS) is 10.3. The Balaban J connectivity index is 2.33. The number of nitrogens with zero attached hydrogens (tertiary/aromatic N) is 1. The average Bonchev–Trinajstić information content (AvgIpc) is 2.44. The van der Waals surface area contributed by atoms with Crippen LogP contribution in [0.25, 0.3) is 0 Å². The molecule has 0 unspecified atom stereocenters. The molecule has 0 aliphatic carbocycles. The SMILES string of the molecule is COc1cc(NC(=O)c2cc(N)cnc2C)c(Br)cc1Br. The fourth-order valence-corrected chi connectivity index (χ4v) is 3.01. The number of rotatable bonds is 3. The fraction of sp³-hybridized carbons (Fsp3) is 0.143. The lowest BCUT2D eigenvalue weighted by atomic mass is 10.1. The van der Waals surface area contributed by atoms with Gasteiger partial charge in [0, 0.05) is 10.5 Å². The van der Waals surface area contributed by atoms with Crippen molar-refractivity contribution in [3.63, 3.8) is 0 Å². The molecule has 1 aromatic carbocycles. The smallest absolute Gasteiger partial charge is 0.257 e. The number of hydrogen-bond donors (Lipinski definition) is 2. The molecule has 0 atom stereocenters. The highest BCUT2D eigenvalue weighted by atomic mass is 79.9. The van der Waals surface area contributed by atoms with E-state index in [1.807, 2.05) is 0 Å². The van der Waals surface area contributed by atoms with Crippen molar-refractivity contribution in [2.24, 2.45) is 0 Å². The minimum atomic E-state index is -0.280. The van der Waals surface area contributed by atoms with Gasteiger partial charge in [-0.15, -0.1) is 0 Å². The van der Waals surface area contributed by atoms with Crippen LogP contribution in [0.5, 0.6) is 5.75 Å². The molecule has 3 N–H and O–H groups in total. The first kappa shape index (κ1) is 15.8. The summed E-state index contributed by atoms with van der Waals surface area (Å²) < 4.78 is 6.74. The number of hydrogen-bond acceptors (Lipinski definition) is 4. The van der Waals surface area contributed by atoms with Crippen LogP contribution in [-0.4, -0.2) is 18.0 Å². The van der Waals surface area contributed by atoms with Crippen LogP contribution in [0.4, 0.5) is 11.4 Å². The van der Waals surface area contributed by atoms with Gasteiger partial charge in [-0.2, -0.15) is 0 Å². The number of aromatic nitrogens is 1. The molecule has 2 rings (SSSR count). The van der Waals surface area contributed by atoms with Crippen LogP contribution in [0.3, 0.4) is 0 Å². The highest BCUT2D eigenvalue weighted by molar-refractivity contribution is 9.11. The van der Waals surface area contributed by atoms with Gasteiger partial charge in [-0.3, -0.25) is 9.78 Å². The molecule has 0 radical (unpaired) electrons. The Bertz CT molecular complexity index is 705. The van der Waals surface area contributed by atoms with Crippen molar-refractivity contribution in [2.45, 2.75) is 6.92 Å². The highest BCUT2D eigenvalue weighted by Gasteiger charge is 2.14. The minimum Gasteiger partial charge on any atom is -0.495 e. The second-order valence-electron chi connectivity index (χ2n) is 4.32. The van der Waals surface area contributed by atoms with E-state index in [0.717, 1.165) is 8.95 Å². The van der Waals surface area contributed by atoms with E-state index in [2.05, 4.69) is 42.2 Å². The summed E-state index contributed by atoms with van der Waals surface area (Å²) in [7, 11) is 1.56. The van der Waals surface area contributed by atoms with Gasteiger partial charge in [0.15, 0.2) is 0 Å². The van der Waals surface area contributed by atoms with Crippen molar-refractivity contribution in [1.82, 2.24) is 4.98 Å². The molecule has 0 aliphatic heterocycles. The number of nitrogens with two attached hydrogens (primary N) is 1. The first-order chi connectivity index (χ1) is 9.92. The van der Waals surface area contributed by atoms with E-state index in [1.165, 1.54) is 6.20 Å². The molecule has 1 amide bonds. The Morgan fingerprint density at radius 2 is 2.00 bits per heavy atom. The third kappa shape index (κ3) is 3.54. The summed E-state index contributed by atoms with van der Waals surface area (Å²) in [5, 5.41) is 2.81. The predicted octanol–water partition coefficient (Wildman–Crippen LogP) is 3.76. The summed E-state index contributed by atoms with van der Waals surface area (Å²) in [5.74, 6) is 0.341. The average molecular weight is 415 g/mol. The van der Waals surface area contributed by atoms with Gasteiger partial charge in [-0.1, -0.05) is 0 Å². The number of carbonyl (C=O) groups excluding carboxylic acids is 1. The van der Waals surface area contributed by atoms with E-state index in [4.69, 9.17) is 10.5 Å². The van der Waals surface area contributed by atoms with Crippen LogP contribution < -0.4 is 15.8 Å². The van der Waals surface area contributed by atoms with Crippen LogP contribution in [0.15, 0.2) is 33.3 Å². The second-order valence-corrected chi connectivity index (χ2v) is 6.03. The minimum absolute atomic E-state index is 0.280. The molecule has 5 nitrogen and oxygen atoms in total. The number of benzene rings is 1. The number of ether oxygens (including phenoxy) is 1. The predicted molar refractivity (Wildman–Crippen MR) is 89.7 cm³/mol. The van der Waals surface area contributed by atoms with Gasteiger partial charge in [-0.25, -0.2) is 0 Å². The quantitative estimate of drug-likeness (QED) is 0.801. The summed E-state index contributed by atoms with van der Waals surface area (Å²) in [6.07, 6.45) is 1.52. The molecule has 1 heterocycles. The largest absolute Gasteiger partial charge is 0.495 e. The van der Waals surface area contributed by atoms with Crippen molar-refractivity contribution < 1.29 is 9.53 Å². The van der Waals surface area contributed by atoms with Crippen LogP contribution in [0.1, 0.15) is 16.1 Å². The van der Waals surface area contributed by atoms with Crippen molar-refractivity contribution in [3.05, 3.63) is 44.6 Å². The molecule has 0 saturated carbocycles. The maximum absolute atomic E-state index is 12.3. The lowest BCUT2D eigenvalue weighted by Gasteiger charge is -2.12. The second kappa shape index (κ2) is 6.44. The lowest BCUT2D eigenvalue weighted by molar-refractivity contribution is 0.102. The number of pyridine rings is 1. The number of carbonyl (C=O) groups is 1. The molecule has 21 heavy (non-hydrogen) atoms. The summed E-state index contributed by atoms with van der Waals surface area (Å²) in [6, 6.07) is 5.13. The number of nitrogens with one attached hydrogen (secondary N) is 1. The first-order valence-electron chi connectivity index (χ1n) is 5.99. The topological polar surface area (TPSA) is 77.2 Å². The van der Waals surface area contributed by atoms with Crippen molar-refractivity contribution in [2.75, 3.05) is 18.2 Å². The molecule has 7 heteroatoms. The molecule has 110 valence electrons. The van der Waals surface area contributed by atoms with Crippen molar-refractivity contribution in [1.29, 1.82) is 0 Å². The molecule has 0 aliphatic rings. The monoisotopic (exact) mass is 413 g/mol. The molecule has 0 spiro atoms. The van der Waals surface area contributed by atoms with Gasteiger partial charge in [0.1, 0.15) is 5.75 Å². The first-order valence-corrected chi connectivity index (χ1v) is 7.57. The summed E-state index contributed by atoms with van der Waals surface area (Å²) in [6.45, 7) is 1.76. The van der Waals surface area contributed by atoms with E-state index >= 15 is 0 Å². The maximum Gasteiger partial charge on any atom is 0.257 e. The summed E-state index contributed by atoms with van der Waals surface area (Å²) in [4.78, 5) is 16.4. The van der Waals surface area contributed by atoms with E-state index < -0.39 is 0 Å². The zero-order valence-corrected chi connectivity index (χ0v) is 14.6. The highest BCUT2D eigenvalue weighted by Crippen LogP contribution is 2.34. The number of methoxy groups -OCH3 is 1. The Hall–Kier alpha value is -1.60. The Labute approximate surface area is 139 Å². The van der Waals surface area contributed by atoms with Crippen LogP contribution in [0, 0.1) is 6.92 Å². The summed E-state index contributed by atoms with van der Waals surface area (Å²) in [5.41, 5.74) is 7.76. The number of halogens is 2. The van der Waals surface area contributed by atoms with Gasteiger partial charge in [0.2, 0.25) is 0 Å². The lowest BCUT2D eigenvalue weighted by Crippen LogP contribution is -2.15. The van der Waals surface area contributed by atoms with Crippen LogP contribution >= 0.6 is 31.9 Å². The van der Waals surface area contributed by atoms with Crippen molar-refractivity contribution >= 4 is 49.1 Å².